The van der Waals surface area contributed by atoms with Crippen LogP contribution < -0.4 is 10.6 Å². The molecule has 0 spiro atoms. The molecule has 5 nitrogen and oxygen atoms in total. The Morgan fingerprint density at radius 2 is 1.85 bits per heavy atom. The van der Waals surface area contributed by atoms with E-state index in [1.54, 1.807) is 0 Å². The predicted octanol–water partition coefficient (Wildman–Crippen LogP) is 2.42. The van der Waals surface area contributed by atoms with E-state index in [1.165, 1.54) is 0 Å². The van der Waals surface area contributed by atoms with Gasteiger partial charge >= 0.3 is 0 Å². The second-order valence-corrected chi connectivity index (χ2v) is 4.27. The standard InChI is InChI=1S/C15H20N4O/c1-3-16-15(17-4-2)18-11-13-10-14(20-19-13)12-8-6-5-7-9-12/h5-10H,3-4,11H2,1-2H3,(H2,16,17,18). The van der Waals surface area contributed by atoms with Gasteiger partial charge in [-0.3, -0.25) is 0 Å². The lowest BCUT2D eigenvalue weighted by atomic mass is 10.2. The molecule has 2 aromatic rings. The summed E-state index contributed by atoms with van der Waals surface area (Å²) in [6, 6.07) is 11.8. The largest absolute Gasteiger partial charge is 0.357 e. The molecule has 2 rings (SSSR count). The minimum atomic E-state index is 0.492. The van der Waals surface area contributed by atoms with Crippen molar-refractivity contribution in [3.05, 3.63) is 42.1 Å². The zero-order chi connectivity index (χ0) is 14.2. The lowest BCUT2D eigenvalue weighted by Gasteiger charge is -2.07. The summed E-state index contributed by atoms with van der Waals surface area (Å²) >= 11 is 0. The van der Waals surface area contributed by atoms with Gasteiger partial charge in [-0.1, -0.05) is 35.5 Å². The zero-order valence-corrected chi connectivity index (χ0v) is 11.9. The molecule has 2 N–H and O–H groups in total. The van der Waals surface area contributed by atoms with E-state index in [1.807, 2.05) is 50.2 Å². The van der Waals surface area contributed by atoms with Crippen molar-refractivity contribution in [1.82, 2.24) is 15.8 Å². The van der Waals surface area contributed by atoms with Gasteiger partial charge in [0.15, 0.2) is 11.7 Å². The fraction of sp³-hybridized carbons (Fsp3) is 0.333. The molecule has 0 saturated carbocycles. The van der Waals surface area contributed by atoms with E-state index >= 15 is 0 Å². The molecule has 0 radical (unpaired) electrons. The van der Waals surface area contributed by atoms with Crippen LogP contribution in [0.25, 0.3) is 11.3 Å². The molecule has 1 aromatic carbocycles. The second kappa shape index (κ2) is 7.33. The van der Waals surface area contributed by atoms with Crippen LogP contribution in [0, 0.1) is 0 Å². The molecule has 20 heavy (non-hydrogen) atoms. The Morgan fingerprint density at radius 1 is 1.15 bits per heavy atom. The summed E-state index contributed by atoms with van der Waals surface area (Å²) in [5.74, 6) is 1.56. The van der Waals surface area contributed by atoms with Crippen LogP contribution in [0.5, 0.6) is 0 Å². The van der Waals surface area contributed by atoms with E-state index in [-0.39, 0.29) is 0 Å². The van der Waals surface area contributed by atoms with Crippen LogP contribution in [-0.4, -0.2) is 24.2 Å². The predicted molar refractivity (Wildman–Crippen MR) is 80.4 cm³/mol. The highest BCUT2D eigenvalue weighted by Crippen LogP contribution is 2.19. The molecular weight excluding hydrogens is 252 g/mol. The number of aliphatic imine (C=N–C) groups is 1. The summed E-state index contributed by atoms with van der Waals surface area (Å²) in [5.41, 5.74) is 1.84. The van der Waals surface area contributed by atoms with Crippen LogP contribution in [0.15, 0.2) is 45.9 Å². The SMILES string of the molecule is CCNC(=NCc1cc(-c2ccccc2)on1)NCC. The van der Waals surface area contributed by atoms with Crippen molar-refractivity contribution in [2.75, 3.05) is 13.1 Å². The lowest BCUT2D eigenvalue weighted by molar-refractivity contribution is 0.424. The van der Waals surface area contributed by atoms with E-state index in [0.717, 1.165) is 36.1 Å². The van der Waals surface area contributed by atoms with Gasteiger partial charge in [0, 0.05) is 24.7 Å². The number of benzene rings is 1. The summed E-state index contributed by atoms with van der Waals surface area (Å²) < 4.78 is 5.34. The third-order valence-electron chi connectivity index (χ3n) is 2.70. The van der Waals surface area contributed by atoms with Crippen molar-refractivity contribution in [3.8, 4) is 11.3 Å². The average molecular weight is 272 g/mol. The number of hydrogen-bond acceptors (Lipinski definition) is 3. The quantitative estimate of drug-likeness (QED) is 0.648. The highest BCUT2D eigenvalue weighted by molar-refractivity contribution is 5.79. The van der Waals surface area contributed by atoms with Gasteiger partial charge in [-0.15, -0.1) is 0 Å². The molecule has 0 fully saturated rings. The molecule has 0 aliphatic rings. The van der Waals surface area contributed by atoms with Gasteiger partial charge in [0.25, 0.3) is 0 Å². The van der Waals surface area contributed by atoms with Gasteiger partial charge in [0.05, 0.1) is 6.54 Å². The van der Waals surface area contributed by atoms with Crippen molar-refractivity contribution in [3.63, 3.8) is 0 Å². The smallest absolute Gasteiger partial charge is 0.191 e. The van der Waals surface area contributed by atoms with Crippen LogP contribution >= 0.6 is 0 Å². The molecule has 1 aromatic heterocycles. The van der Waals surface area contributed by atoms with Crippen molar-refractivity contribution in [2.24, 2.45) is 4.99 Å². The molecule has 0 aliphatic carbocycles. The van der Waals surface area contributed by atoms with Gasteiger partial charge < -0.3 is 15.2 Å². The summed E-state index contributed by atoms with van der Waals surface area (Å²) in [6.07, 6.45) is 0. The average Bonchev–Trinajstić information content (AvgIpc) is 2.95. The van der Waals surface area contributed by atoms with Crippen molar-refractivity contribution in [1.29, 1.82) is 0 Å². The minimum Gasteiger partial charge on any atom is -0.357 e. The molecule has 0 unspecified atom stereocenters. The first-order valence-electron chi connectivity index (χ1n) is 6.86. The Labute approximate surface area is 119 Å². The first-order chi connectivity index (χ1) is 9.83. The van der Waals surface area contributed by atoms with Crippen LogP contribution in [0.4, 0.5) is 0 Å². The van der Waals surface area contributed by atoms with Crippen LogP contribution in [0.1, 0.15) is 19.5 Å². The van der Waals surface area contributed by atoms with E-state index < -0.39 is 0 Å². The number of nitrogens with one attached hydrogen (secondary N) is 2. The Bertz CT molecular complexity index is 540. The number of nitrogens with zero attached hydrogens (tertiary/aromatic N) is 2. The third kappa shape index (κ3) is 3.85. The zero-order valence-electron chi connectivity index (χ0n) is 11.9. The number of guanidine groups is 1. The molecule has 0 aliphatic heterocycles. The maximum atomic E-state index is 5.34. The van der Waals surface area contributed by atoms with Gasteiger partial charge in [-0.05, 0) is 13.8 Å². The highest BCUT2D eigenvalue weighted by Gasteiger charge is 2.06. The lowest BCUT2D eigenvalue weighted by Crippen LogP contribution is -2.36. The number of aromatic nitrogens is 1. The molecule has 0 amide bonds. The summed E-state index contributed by atoms with van der Waals surface area (Å²) in [6.45, 7) is 6.23. The Morgan fingerprint density at radius 3 is 2.50 bits per heavy atom. The number of hydrogen-bond donors (Lipinski definition) is 2. The van der Waals surface area contributed by atoms with Crippen LogP contribution in [0.3, 0.4) is 0 Å². The second-order valence-electron chi connectivity index (χ2n) is 4.27. The Balaban J connectivity index is 2.04. The van der Waals surface area contributed by atoms with E-state index in [4.69, 9.17) is 4.52 Å². The van der Waals surface area contributed by atoms with Crippen LogP contribution in [0.2, 0.25) is 0 Å². The van der Waals surface area contributed by atoms with Crippen LogP contribution in [-0.2, 0) is 6.54 Å². The fourth-order valence-electron chi connectivity index (χ4n) is 1.79. The molecular formula is C15H20N4O. The van der Waals surface area contributed by atoms with Gasteiger partial charge in [0.1, 0.15) is 5.69 Å². The minimum absolute atomic E-state index is 0.492. The molecule has 0 saturated heterocycles. The summed E-state index contributed by atoms with van der Waals surface area (Å²) in [7, 11) is 0. The number of rotatable bonds is 5. The maximum Gasteiger partial charge on any atom is 0.191 e. The Kier molecular flexibility index (Phi) is 5.17. The van der Waals surface area contributed by atoms with E-state index in [0.29, 0.717) is 6.54 Å². The van der Waals surface area contributed by atoms with Gasteiger partial charge in [-0.2, -0.15) is 0 Å². The first-order valence-corrected chi connectivity index (χ1v) is 6.86. The topological polar surface area (TPSA) is 62.5 Å². The fourth-order valence-corrected chi connectivity index (χ4v) is 1.79. The maximum absolute atomic E-state index is 5.34. The third-order valence-corrected chi connectivity index (χ3v) is 2.70. The highest BCUT2D eigenvalue weighted by atomic mass is 16.5. The van der Waals surface area contributed by atoms with Gasteiger partial charge in [0.2, 0.25) is 0 Å². The van der Waals surface area contributed by atoms with Gasteiger partial charge in [-0.25, -0.2) is 4.99 Å². The van der Waals surface area contributed by atoms with Crippen molar-refractivity contribution < 1.29 is 4.52 Å². The first kappa shape index (κ1) is 14.1. The molecule has 5 heteroatoms. The molecule has 0 atom stereocenters. The normalized spacial score (nSPS) is 10.1. The molecule has 1 heterocycles. The van der Waals surface area contributed by atoms with E-state index in [9.17, 15) is 0 Å². The Hall–Kier alpha value is -2.30. The summed E-state index contributed by atoms with van der Waals surface area (Å²) in [4.78, 5) is 4.45. The molecule has 106 valence electrons. The van der Waals surface area contributed by atoms with E-state index in [2.05, 4.69) is 20.8 Å². The van der Waals surface area contributed by atoms with Crippen molar-refractivity contribution in [2.45, 2.75) is 20.4 Å². The molecule has 0 bridgehead atoms. The summed E-state index contributed by atoms with van der Waals surface area (Å²) in [5, 5.41) is 10.4. The monoisotopic (exact) mass is 272 g/mol. The van der Waals surface area contributed by atoms with Crippen molar-refractivity contribution >= 4 is 5.96 Å².